The lowest BCUT2D eigenvalue weighted by Gasteiger charge is -2.14. The molecule has 0 radical (unpaired) electrons. The number of anilines is 1. The minimum absolute atomic E-state index is 0.124. The van der Waals surface area contributed by atoms with Crippen molar-refractivity contribution in [3.05, 3.63) is 63.0 Å². The summed E-state index contributed by atoms with van der Waals surface area (Å²) in [5.74, 6) is -1.33. The van der Waals surface area contributed by atoms with E-state index in [0.29, 0.717) is 23.7 Å². The predicted octanol–water partition coefficient (Wildman–Crippen LogP) is 4.00. The number of carbonyl (C=O) groups is 4. The van der Waals surface area contributed by atoms with Crippen molar-refractivity contribution in [2.45, 2.75) is 26.4 Å². The van der Waals surface area contributed by atoms with Crippen LogP contribution in [0.1, 0.15) is 25.8 Å². The molecule has 38 heavy (non-hydrogen) atoms. The van der Waals surface area contributed by atoms with Crippen LogP contribution in [0.15, 0.2) is 47.4 Å². The zero-order chi connectivity index (χ0) is 27.8. The van der Waals surface area contributed by atoms with Gasteiger partial charge in [0, 0.05) is 17.8 Å². The molecule has 200 valence electrons. The fourth-order valence-corrected chi connectivity index (χ4v) is 4.03. The molecule has 1 saturated heterocycles. The van der Waals surface area contributed by atoms with Crippen molar-refractivity contribution >= 4 is 52.2 Å². The summed E-state index contributed by atoms with van der Waals surface area (Å²) in [7, 11) is 1.39. The Balaban J connectivity index is 1.64. The Kier molecular flexibility index (Phi) is 9.44. The molecule has 1 atom stereocenters. The first kappa shape index (κ1) is 28.2. The summed E-state index contributed by atoms with van der Waals surface area (Å²) < 4.78 is 16.0. The average Bonchev–Trinajstić information content (AvgIpc) is 3.14. The molecule has 0 aliphatic carbocycles. The number of nitrogens with one attached hydrogen (secondary N) is 1. The molecular formula is C25H25N3O9S. The molecule has 3 rings (SSSR count). The quantitative estimate of drug-likeness (QED) is 0.190. The van der Waals surface area contributed by atoms with Gasteiger partial charge >= 0.3 is 5.97 Å². The number of hydrogen-bond donors (Lipinski definition) is 1. The lowest BCUT2D eigenvalue weighted by molar-refractivity contribution is -0.384. The van der Waals surface area contributed by atoms with E-state index in [2.05, 4.69) is 5.32 Å². The first-order chi connectivity index (χ1) is 18.1. The van der Waals surface area contributed by atoms with E-state index in [9.17, 15) is 29.3 Å². The first-order valence-electron chi connectivity index (χ1n) is 11.4. The van der Waals surface area contributed by atoms with Gasteiger partial charge in [0.2, 0.25) is 0 Å². The van der Waals surface area contributed by atoms with Gasteiger partial charge in [-0.15, -0.1) is 0 Å². The van der Waals surface area contributed by atoms with Gasteiger partial charge in [-0.1, -0.05) is 19.1 Å². The second-order valence-corrected chi connectivity index (χ2v) is 9.02. The zero-order valence-corrected chi connectivity index (χ0v) is 21.6. The van der Waals surface area contributed by atoms with Crippen LogP contribution in [0.2, 0.25) is 0 Å². The van der Waals surface area contributed by atoms with Gasteiger partial charge < -0.3 is 19.5 Å². The topological polar surface area (TPSA) is 154 Å². The Morgan fingerprint density at radius 3 is 2.63 bits per heavy atom. The van der Waals surface area contributed by atoms with Crippen LogP contribution in [-0.4, -0.2) is 59.2 Å². The third-order valence-corrected chi connectivity index (χ3v) is 6.16. The number of non-ortho nitro benzene ring substituents is 1. The molecule has 2 aromatic carbocycles. The highest BCUT2D eigenvalue weighted by atomic mass is 32.2. The summed E-state index contributed by atoms with van der Waals surface area (Å²) in [6.45, 7) is 2.70. The number of hydrogen-bond acceptors (Lipinski definition) is 10. The fourth-order valence-electron chi connectivity index (χ4n) is 3.19. The number of ether oxygens (including phenoxy) is 3. The predicted molar refractivity (Wildman–Crippen MR) is 139 cm³/mol. The third kappa shape index (κ3) is 7.32. The second kappa shape index (κ2) is 12.7. The molecule has 1 aliphatic heterocycles. The van der Waals surface area contributed by atoms with Crippen molar-refractivity contribution < 1.29 is 38.3 Å². The smallest absolute Gasteiger partial charge is 0.326 e. The van der Waals surface area contributed by atoms with Crippen LogP contribution in [0.25, 0.3) is 6.08 Å². The monoisotopic (exact) mass is 543 g/mol. The zero-order valence-electron chi connectivity index (χ0n) is 20.8. The summed E-state index contributed by atoms with van der Waals surface area (Å²) >= 11 is 0.702. The first-order valence-corrected chi connectivity index (χ1v) is 12.2. The number of thioether (sulfide) groups is 1. The van der Waals surface area contributed by atoms with Crippen LogP contribution in [0.3, 0.4) is 0 Å². The summed E-state index contributed by atoms with van der Waals surface area (Å²) in [6, 6.07) is 10.2. The Morgan fingerprint density at radius 1 is 1.18 bits per heavy atom. The van der Waals surface area contributed by atoms with Crippen molar-refractivity contribution in [1.82, 2.24) is 4.90 Å². The maximum absolute atomic E-state index is 12.7. The van der Waals surface area contributed by atoms with Gasteiger partial charge in [-0.2, -0.15) is 0 Å². The number of benzene rings is 2. The van der Waals surface area contributed by atoms with E-state index < -0.39 is 41.1 Å². The van der Waals surface area contributed by atoms with Crippen LogP contribution < -0.4 is 14.8 Å². The van der Waals surface area contributed by atoms with Crippen molar-refractivity contribution in [3.8, 4) is 11.5 Å². The highest BCUT2D eigenvalue weighted by Gasteiger charge is 2.37. The molecule has 1 aliphatic rings. The number of rotatable bonds is 11. The van der Waals surface area contributed by atoms with Crippen molar-refractivity contribution in [1.29, 1.82) is 0 Å². The largest absolute Gasteiger partial charge is 0.493 e. The number of nitrogens with zero attached hydrogens (tertiary/aromatic N) is 2. The molecule has 1 heterocycles. The van der Waals surface area contributed by atoms with Crippen LogP contribution in [0, 0.1) is 10.1 Å². The third-order valence-electron chi connectivity index (χ3n) is 5.25. The molecule has 0 bridgehead atoms. The molecular weight excluding hydrogens is 518 g/mol. The van der Waals surface area contributed by atoms with Crippen LogP contribution in [-0.2, 0) is 19.1 Å². The van der Waals surface area contributed by atoms with Gasteiger partial charge in [-0.3, -0.25) is 34.2 Å². The van der Waals surface area contributed by atoms with E-state index in [1.807, 2.05) is 6.92 Å². The molecule has 2 aromatic rings. The highest BCUT2D eigenvalue weighted by molar-refractivity contribution is 8.18. The summed E-state index contributed by atoms with van der Waals surface area (Å²) in [5, 5.41) is 12.8. The van der Waals surface area contributed by atoms with E-state index >= 15 is 0 Å². The van der Waals surface area contributed by atoms with E-state index in [1.54, 1.807) is 19.1 Å². The van der Waals surface area contributed by atoms with Crippen molar-refractivity contribution in [3.63, 3.8) is 0 Å². The summed E-state index contributed by atoms with van der Waals surface area (Å²) in [6.07, 6.45) is 1.76. The molecule has 0 unspecified atom stereocenters. The van der Waals surface area contributed by atoms with Gasteiger partial charge in [0.25, 0.3) is 22.7 Å². The van der Waals surface area contributed by atoms with Crippen molar-refractivity contribution in [2.75, 3.05) is 25.6 Å². The SMILES string of the molecule is CC[C@@H](C)OC(=O)CN1C(=O)S/C(=C\c2ccc(OCC(=O)Nc3cccc([N+](=O)[O-])c3)c(OC)c2)C1=O. The number of methoxy groups -OCH3 is 1. The Morgan fingerprint density at radius 2 is 1.95 bits per heavy atom. The summed E-state index contributed by atoms with van der Waals surface area (Å²) in [5.41, 5.74) is 0.602. The van der Waals surface area contributed by atoms with Crippen LogP contribution >= 0.6 is 11.8 Å². The van der Waals surface area contributed by atoms with Gasteiger partial charge in [0.15, 0.2) is 18.1 Å². The molecule has 13 heteroatoms. The molecule has 1 fully saturated rings. The van der Waals surface area contributed by atoms with Gasteiger partial charge in [0.1, 0.15) is 6.54 Å². The standard InChI is InChI=1S/C25H25N3O9S/c1-4-15(2)37-23(30)13-27-24(31)21(38-25(27)32)11-16-8-9-19(20(10-16)35-3)36-14-22(29)26-17-6-5-7-18(12-17)28(33)34/h5-12,15H,4,13-14H2,1-3H3,(H,26,29)/b21-11-/t15-/m1/s1. The Hall–Kier alpha value is -4.39. The van der Waals surface area contributed by atoms with Crippen LogP contribution in [0.5, 0.6) is 11.5 Å². The lowest BCUT2D eigenvalue weighted by Crippen LogP contribution is -2.35. The minimum atomic E-state index is -0.666. The van der Waals surface area contributed by atoms with Gasteiger partial charge in [-0.25, -0.2) is 0 Å². The molecule has 12 nitrogen and oxygen atoms in total. The number of nitro groups is 1. The molecule has 0 aromatic heterocycles. The normalized spacial score (nSPS) is 14.8. The molecule has 0 saturated carbocycles. The number of imide groups is 1. The van der Waals surface area contributed by atoms with Gasteiger partial charge in [-0.05, 0) is 54.9 Å². The van der Waals surface area contributed by atoms with E-state index in [-0.39, 0.29) is 33.9 Å². The van der Waals surface area contributed by atoms with Gasteiger partial charge in [0.05, 0.1) is 23.0 Å². The number of amides is 3. The van der Waals surface area contributed by atoms with E-state index in [1.165, 1.54) is 43.5 Å². The fraction of sp³-hybridized carbons (Fsp3) is 0.280. The van der Waals surface area contributed by atoms with E-state index in [4.69, 9.17) is 14.2 Å². The molecule has 1 N–H and O–H groups in total. The Bertz CT molecular complexity index is 1290. The maximum atomic E-state index is 12.7. The Labute approximate surface area is 222 Å². The number of carbonyl (C=O) groups excluding carboxylic acids is 4. The van der Waals surface area contributed by atoms with E-state index in [0.717, 1.165) is 4.90 Å². The second-order valence-electron chi connectivity index (χ2n) is 8.03. The highest BCUT2D eigenvalue weighted by Crippen LogP contribution is 2.34. The lowest BCUT2D eigenvalue weighted by atomic mass is 10.2. The summed E-state index contributed by atoms with van der Waals surface area (Å²) in [4.78, 5) is 60.5. The average molecular weight is 544 g/mol. The minimum Gasteiger partial charge on any atom is -0.493 e. The number of nitro benzene ring substituents is 1. The molecule has 3 amide bonds. The maximum Gasteiger partial charge on any atom is 0.326 e. The van der Waals surface area contributed by atoms with Crippen LogP contribution in [0.4, 0.5) is 16.2 Å². The number of esters is 1. The molecule has 0 spiro atoms. The van der Waals surface area contributed by atoms with Crippen molar-refractivity contribution in [2.24, 2.45) is 0 Å².